The Bertz CT molecular complexity index is 1530. The van der Waals surface area contributed by atoms with Crippen LogP contribution in [0.2, 0.25) is 0 Å². The molecule has 0 aromatic heterocycles. The van der Waals surface area contributed by atoms with Crippen LogP contribution >= 0.6 is 0 Å². The molecule has 1 aliphatic carbocycles. The van der Waals surface area contributed by atoms with Crippen LogP contribution in [0.5, 0.6) is 0 Å². The molecule has 0 atom stereocenters. The van der Waals surface area contributed by atoms with Crippen molar-refractivity contribution in [3.8, 4) is 0 Å². The van der Waals surface area contributed by atoms with E-state index in [2.05, 4.69) is 22.8 Å². The van der Waals surface area contributed by atoms with Crippen LogP contribution in [-0.2, 0) is 0 Å². The lowest BCUT2D eigenvalue weighted by molar-refractivity contribution is 0.0980. The molecule has 0 saturated heterocycles. The van der Waals surface area contributed by atoms with E-state index < -0.39 is 0 Å². The lowest BCUT2D eigenvalue weighted by Gasteiger charge is -2.25. The molecule has 35 heavy (non-hydrogen) atoms. The molecule has 2 N–H and O–H groups in total. The first-order valence-corrected chi connectivity index (χ1v) is 11.8. The van der Waals surface area contributed by atoms with Gasteiger partial charge in [-0.2, -0.15) is 0 Å². The van der Waals surface area contributed by atoms with Gasteiger partial charge in [0.15, 0.2) is 11.6 Å². The van der Waals surface area contributed by atoms with Crippen LogP contribution in [0.25, 0.3) is 0 Å². The largest absolute Gasteiger partial charge is 0.355 e. The van der Waals surface area contributed by atoms with Crippen molar-refractivity contribution in [2.45, 2.75) is 34.6 Å². The number of aryl methyl sites for hydroxylation is 5. The number of benzene rings is 4. The third-order valence-corrected chi connectivity index (χ3v) is 6.63. The van der Waals surface area contributed by atoms with Crippen molar-refractivity contribution in [2.24, 2.45) is 0 Å². The Hall–Kier alpha value is -4.18. The minimum atomic E-state index is -0.147. The van der Waals surface area contributed by atoms with Gasteiger partial charge in [-0.15, -0.1) is 0 Å². The number of anilines is 4. The van der Waals surface area contributed by atoms with Crippen molar-refractivity contribution < 1.29 is 9.59 Å². The summed E-state index contributed by atoms with van der Waals surface area (Å²) in [4.78, 5) is 27.7. The van der Waals surface area contributed by atoms with Gasteiger partial charge in [-0.05, 0) is 76.1 Å². The second-order valence-corrected chi connectivity index (χ2v) is 9.50. The molecule has 0 unspecified atom stereocenters. The zero-order valence-electron chi connectivity index (χ0n) is 20.7. The average molecular weight is 461 g/mol. The van der Waals surface area contributed by atoms with Crippen molar-refractivity contribution in [3.05, 3.63) is 117 Å². The molecular formula is C31H28N2O2. The fourth-order valence-electron chi connectivity index (χ4n) is 4.79. The Morgan fingerprint density at radius 1 is 0.457 bits per heavy atom. The van der Waals surface area contributed by atoms with Crippen LogP contribution in [0.3, 0.4) is 0 Å². The first-order chi connectivity index (χ1) is 16.7. The molecule has 0 radical (unpaired) electrons. The Kier molecular flexibility index (Phi) is 5.52. The fraction of sp³-hybridized carbons (Fsp3) is 0.161. The number of hydrogen-bond acceptors (Lipinski definition) is 4. The summed E-state index contributed by atoms with van der Waals surface area (Å²) in [5, 5.41) is 6.86. The highest BCUT2D eigenvalue weighted by atomic mass is 16.1. The van der Waals surface area contributed by atoms with E-state index in [0.29, 0.717) is 33.6 Å². The maximum atomic E-state index is 13.9. The first-order valence-electron chi connectivity index (χ1n) is 11.8. The van der Waals surface area contributed by atoms with Crippen molar-refractivity contribution in [3.63, 3.8) is 0 Å². The van der Waals surface area contributed by atoms with Gasteiger partial charge in [-0.3, -0.25) is 9.59 Å². The lowest BCUT2D eigenvalue weighted by atomic mass is 9.81. The summed E-state index contributed by atoms with van der Waals surface area (Å²) in [5.74, 6) is -0.291. The van der Waals surface area contributed by atoms with Gasteiger partial charge in [-0.25, -0.2) is 0 Å². The molecule has 0 fully saturated rings. The topological polar surface area (TPSA) is 58.2 Å². The zero-order valence-corrected chi connectivity index (χ0v) is 20.7. The summed E-state index contributed by atoms with van der Waals surface area (Å²) in [6.45, 7) is 10.1. The molecule has 1 aliphatic rings. The molecule has 0 bridgehead atoms. The normalized spacial score (nSPS) is 12.3. The second-order valence-electron chi connectivity index (χ2n) is 9.50. The van der Waals surface area contributed by atoms with Crippen LogP contribution in [0, 0.1) is 34.6 Å². The van der Waals surface area contributed by atoms with E-state index >= 15 is 0 Å². The number of ketones is 2. The lowest BCUT2D eigenvalue weighted by Crippen LogP contribution is -2.23. The Morgan fingerprint density at radius 2 is 0.857 bits per heavy atom. The van der Waals surface area contributed by atoms with Crippen LogP contribution in [-0.4, -0.2) is 11.6 Å². The standard InChI is InChI=1S/C31H28N2O2/c1-17-7-10-24(20(4)14-17)32-26-12-13-27(33-25-11-8-18(2)15-21(25)5)29-28(26)30(34)22-9-6-19(3)16-23(22)31(29)35/h6-16,32-33H,1-5H3. The Labute approximate surface area is 206 Å². The molecular weight excluding hydrogens is 432 g/mol. The van der Waals surface area contributed by atoms with Gasteiger partial charge in [0.1, 0.15) is 0 Å². The van der Waals surface area contributed by atoms with E-state index in [1.165, 1.54) is 11.1 Å². The molecule has 174 valence electrons. The third kappa shape index (κ3) is 4.01. The Morgan fingerprint density at radius 3 is 1.34 bits per heavy atom. The molecule has 0 aliphatic heterocycles. The molecule has 4 nitrogen and oxygen atoms in total. The van der Waals surface area contributed by atoms with Crippen molar-refractivity contribution >= 4 is 34.3 Å². The van der Waals surface area contributed by atoms with Crippen LogP contribution in [0.1, 0.15) is 59.7 Å². The van der Waals surface area contributed by atoms with Gasteiger partial charge in [0.2, 0.25) is 0 Å². The summed E-state index contributed by atoms with van der Waals surface area (Å²) < 4.78 is 0. The predicted octanol–water partition coefficient (Wildman–Crippen LogP) is 7.49. The van der Waals surface area contributed by atoms with Crippen molar-refractivity contribution in [2.75, 3.05) is 10.6 Å². The summed E-state index contributed by atoms with van der Waals surface area (Å²) in [7, 11) is 0. The number of hydrogen-bond donors (Lipinski definition) is 2. The molecule has 0 heterocycles. The second kappa shape index (κ2) is 8.55. The smallest absolute Gasteiger partial charge is 0.196 e. The van der Waals surface area contributed by atoms with E-state index in [9.17, 15) is 9.59 Å². The van der Waals surface area contributed by atoms with Crippen molar-refractivity contribution in [1.82, 2.24) is 0 Å². The number of nitrogens with one attached hydrogen (secondary N) is 2. The number of carbonyl (C=O) groups excluding carboxylic acids is 2. The molecule has 4 aromatic carbocycles. The van der Waals surface area contributed by atoms with Gasteiger partial charge in [-0.1, -0.05) is 53.1 Å². The predicted molar refractivity (Wildman–Crippen MR) is 143 cm³/mol. The highest BCUT2D eigenvalue weighted by molar-refractivity contribution is 6.32. The van der Waals surface area contributed by atoms with Crippen LogP contribution < -0.4 is 10.6 Å². The molecule has 0 saturated carbocycles. The van der Waals surface area contributed by atoms with Gasteiger partial charge in [0, 0.05) is 22.5 Å². The monoisotopic (exact) mass is 460 g/mol. The summed E-state index contributed by atoms with van der Waals surface area (Å²) in [5.41, 5.74) is 10.2. The maximum Gasteiger partial charge on any atom is 0.196 e. The quantitative estimate of drug-likeness (QED) is 0.292. The minimum absolute atomic E-state index is 0.144. The van der Waals surface area contributed by atoms with Gasteiger partial charge < -0.3 is 10.6 Å². The molecule has 4 heteroatoms. The van der Waals surface area contributed by atoms with Gasteiger partial charge in [0.25, 0.3) is 0 Å². The van der Waals surface area contributed by atoms with Gasteiger partial charge >= 0.3 is 0 Å². The van der Waals surface area contributed by atoms with E-state index in [4.69, 9.17) is 0 Å². The van der Waals surface area contributed by atoms with Crippen molar-refractivity contribution in [1.29, 1.82) is 0 Å². The molecule has 4 aromatic rings. The number of carbonyl (C=O) groups is 2. The van der Waals surface area contributed by atoms with Crippen LogP contribution in [0.4, 0.5) is 22.7 Å². The molecule has 0 spiro atoms. The van der Waals surface area contributed by atoms with E-state index in [0.717, 1.165) is 28.1 Å². The minimum Gasteiger partial charge on any atom is -0.355 e. The van der Waals surface area contributed by atoms with E-state index in [1.807, 2.05) is 83.1 Å². The summed E-state index contributed by atoms with van der Waals surface area (Å²) >= 11 is 0. The van der Waals surface area contributed by atoms with E-state index in [-0.39, 0.29) is 11.6 Å². The highest BCUT2D eigenvalue weighted by Gasteiger charge is 2.34. The average Bonchev–Trinajstić information content (AvgIpc) is 2.81. The fourth-order valence-corrected chi connectivity index (χ4v) is 4.79. The third-order valence-electron chi connectivity index (χ3n) is 6.63. The summed E-state index contributed by atoms with van der Waals surface area (Å²) in [6.07, 6.45) is 0. The highest BCUT2D eigenvalue weighted by Crippen LogP contribution is 2.39. The summed E-state index contributed by atoms with van der Waals surface area (Å²) in [6, 6.07) is 21.5. The first kappa shape index (κ1) is 22.6. The zero-order chi connectivity index (χ0) is 24.9. The maximum absolute atomic E-state index is 13.9. The Balaban J connectivity index is 1.69. The molecule has 0 amide bonds. The number of rotatable bonds is 4. The number of fused-ring (bicyclic) bond motifs is 2. The van der Waals surface area contributed by atoms with Gasteiger partial charge in [0.05, 0.1) is 22.5 Å². The van der Waals surface area contributed by atoms with E-state index in [1.54, 1.807) is 6.07 Å². The SMILES string of the molecule is Cc1ccc(Nc2ccc(Nc3ccc(C)cc3C)c3c2C(=O)c2ccc(C)cc2C3=O)c(C)c1. The van der Waals surface area contributed by atoms with Crippen LogP contribution in [0.15, 0.2) is 66.7 Å². The molecule has 5 rings (SSSR count).